The molecule has 0 bridgehead atoms. The number of alkyl halides is 3. The fraction of sp³-hybridized carbons (Fsp3) is 0.562. The first-order valence-electron chi connectivity index (χ1n) is 7.35. The molecule has 3 nitrogen and oxygen atoms in total. The van der Waals surface area contributed by atoms with Crippen LogP contribution in [0.4, 0.5) is 13.2 Å². The molecule has 1 fully saturated rings. The third-order valence-corrected chi connectivity index (χ3v) is 4.13. The summed E-state index contributed by atoms with van der Waals surface area (Å²) in [5, 5.41) is 2.90. The van der Waals surface area contributed by atoms with Crippen LogP contribution in [-0.2, 0) is 17.5 Å². The molecular weight excluding hydrogens is 293 g/mol. The van der Waals surface area contributed by atoms with Gasteiger partial charge in [0, 0.05) is 19.1 Å². The molecule has 6 heteroatoms. The maximum absolute atomic E-state index is 12.5. The number of benzene rings is 1. The van der Waals surface area contributed by atoms with Crippen molar-refractivity contribution in [1.82, 2.24) is 10.2 Å². The monoisotopic (exact) mass is 314 g/mol. The fourth-order valence-electron chi connectivity index (χ4n) is 2.55. The van der Waals surface area contributed by atoms with E-state index in [1.165, 1.54) is 12.1 Å². The van der Waals surface area contributed by atoms with Crippen LogP contribution in [0.2, 0.25) is 0 Å². The third-order valence-electron chi connectivity index (χ3n) is 4.13. The molecule has 22 heavy (non-hydrogen) atoms. The Balaban J connectivity index is 2.03. The molecule has 1 aromatic rings. The number of nitrogens with zero attached hydrogens (tertiary/aromatic N) is 1. The van der Waals surface area contributed by atoms with Gasteiger partial charge in [-0.05, 0) is 44.9 Å². The molecule has 1 N–H and O–H groups in total. The predicted octanol–water partition coefficient (Wildman–Crippen LogP) is 3.19. The molecule has 2 rings (SSSR count). The van der Waals surface area contributed by atoms with E-state index in [4.69, 9.17) is 0 Å². The van der Waals surface area contributed by atoms with Crippen molar-refractivity contribution in [3.63, 3.8) is 0 Å². The predicted molar refractivity (Wildman–Crippen MR) is 78.2 cm³/mol. The van der Waals surface area contributed by atoms with Crippen LogP contribution in [0.1, 0.15) is 38.3 Å². The molecule has 0 radical (unpaired) electrons. The van der Waals surface area contributed by atoms with Crippen LogP contribution in [0.15, 0.2) is 24.3 Å². The highest BCUT2D eigenvalue weighted by Crippen LogP contribution is 2.33. The number of hydrogen-bond acceptors (Lipinski definition) is 2. The average Bonchev–Trinajstić information content (AvgIpc) is 2.41. The molecular formula is C16H21F3N2O. The van der Waals surface area contributed by atoms with Crippen molar-refractivity contribution in [3.8, 4) is 0 Å². The molecule has 0 aromatic heterocycles. The van der Waals surface area contributed by atoms with Gasteiger partial charge in [0.15, 0.2) is 0 Å². The van der Waals surface area contributed by atoms with Crippen molar-refractivity contribution in [2.45, 2.75) is 51.5 Å². The van der Waals surface area contributed by atoms with Gasteiger partial charge in [-0.3, -0.25) is 9.69 Å². The van der Waals surface area contributed by atoms with Crippen molar-refractivity contribution in [2.24, 2.45) is 0 Å². The van der Waals surface area contributed by atoms with Gasteiger partial charge in [0.2, 0.25) is 5.91 Å². The molecule has 1 unspecified atom stereocenters. The summed E-state index contributed by atoms with van der Waals surface area (Å²) in [5.41, 5.74) is -0.455. The minimum atomic E-state index is -4.32. The van der Waals surface area contributed by atoms with E-state index in [0.717, 1.165) is 30.7 Å². The van der Waals surface area contributed by atoms with Gasteiger partial charge < -0.3 is 5.32 Å². The second-order valence-electron chi connectivity index (χ2n) is 6.27. The van der Waals surface area contributed by atoms with Crippen molar-refractivity contribution < 1.29 is 18.0 Å². The molecule has 1 aromatic carbocycles. The SMILES string of the molecule is CC(C)NC(=O)C1(C)CCN1Cc1ccc(C(F)(F)F)cc1. The Morgan fingerprint density at radius 1 is 1.32 bits per heavy atom. The number of amides is 1. The Morgan fingerprint density at radius 3 is 2.32 bits per heavy atom. The molecule has 1 aliphatic heterocycles. The topological polar surface area (TPSA) is 32.3 Å². The summed E-state index contributed by atoms with van der Waals surface area (Å²) in [6, 6.07) is 5.18. The lowest BCUT2D eigenvalue weighted by molar-refractivity contribution is -0.142. The zero-order valence-corrected chi connectivity index (χ0v) is 13.0. The Kier molecular flexibility index (Phi) is 4.52. The first-order valence-corrected chi connectivity index (χ1v) is 7.35. The zero-order chi connectivity index (χ0) is 16.5. The Hall–Kier alpha value is -1.56. The summed E-state index contributed by atoms with van der Waals surface area (Å²) >= 11 is 0. The fourth-order valence-corrected chi connectivity index (χ4v) is 2.55. The van der Waals surface area contributed by atoms with E-state index in [2.05, 4.69) is 5.32 Å². The smallest absolute Gasteiger partial charge is 0.352 e. The largest absolute Gasteiger partial charge is 0.416 e. The lowest BCUT2D eigenvalue weighted by atomic mass is 9.85. The summed E-state index contributed by atoms with van der Waals surface area (Å²) in [4.78, 5) is 14.2. The highest BCUT2D eigenvalue weighted by Gasteiger charge is 2.46. The number of carbonyl (C=O) groups is 1. The van der Waals surface area contributed by atoms with Gasteiger partial charge in [-0.25, -0.2) is 0 Å². The molecule has 1 heterocycles. The van der Waals surface area contributed by atoms with Gasteiger partial charge >= 0.3 is 6.18 Å². The van der Waals surface area contributed by atoms with Crippen LogP contribution in [0.25, 0.3) is 0 Å². The Labute approximate surface area is 128 Å². The summed E-state index contributed by atoms with van der Waals surface area (Å²) < 4.78 is 37.6. The first-order chi connectivity index (χ1) is 10.1. The second kappa shape index (κ2) is 5.91. The number of halogens is 3. The third kappa shape index (κ3) is 3.43. The summed E-state index contributed by atoms with van der Waals surface area (Å²) in [6.45, 7) is 6.92. The van der Waals surface area contributed by atoms with Crippen LogP contribution in [0, 0.1) is 0 Å². The molecule has 0 spiro atoms. The summed E-state index contributed by atoms with van der Waals surface area (Å²) in [7, 11) is 0. The molecule has 0 aliphatic carbocycles. The molecule has 1 amide bonds. The van der Waals surface area contributed by atoms with Gasteiger partial charge in [-0.15, -0.1) is 0 Å². The van der Waals surface area contributed by atoms with E-state index in [0.29, 0.717) is 6.54 Å². The lowest BCUT2D eigenvalue weighted by Crippen LogP contribution is -2.65. The van der Waals surface area contributed by atoms with Crippen molar-refractivity contribution in [3.05, 3.63) is 35.4 Å². The lowest BCUT2D eigenvalue weighted by Gasteiger charge is -2.49. The molecule has 0 saturated carbocycles. The average molecular weight is 314 g/mol. The van der Waals surface area contributed by atoms with E-state index in [1.54, 1.807) is 0 Å². The van der Waals surface area contributed by atoms with Gasteiger partial charge in [-0.1, -0.05) is 12.1 Å². The number of likely N-dealkylation sites (tertiary alicyclic amines) is 1. The van der Waals surface area contributed by atoms with Crippen molar-refractivity contribution in [2.75, 3.05) is 6.54 Å². The number of carbonyl (C=O) groups excluding carboxylic acids is 1. The van der Waals surface area contributed by atoms with Crippen molar-refractivity contribution >= 4 is 5.91 Å². The maximum Gasteiger partial charge on any atom is 0.416 e. The van der Waals surface area contributed by atoms with E-state index in [1.807, 2.05) is 25.7 Å². The van der Waals surface area contributed by atoms with Gasteiger partial charge in [0.25, 0.3) is 0 Å². The first kappa shape index (κ1) is 16.8. The minimum Gasteiger partial charge on any atom is -0.352 e. The number of nitrogens with one attached hydrogen (secondary N) is 1. The highest BCUT2D eigenvalue weighted by molar-refractivity contribution is 5.87. The van der Waals surface area contributed by atoms with Crippen LogP contribution < -0.4 is 5.32 Å². The maximum atomic E-state index is 12.5. The summed E-state index contributed by atoms with van der Waals surface area (Å²) in [5.74, 6) is -0.0272. The molecule has 1 saturated heterocycles. The van der Waals surface area contributed by atoms with Crippen LogP contribution in [0.5, 0.6) is 0 Å². The standard InChI is InChI=1S/C16H21F3N2O/c1-11(2)20-14(22)15(3)8-9-21(15)10-12-4-6-13(7-5-12)16(17,18)19/h4-7,11H,8-10H2,1-3H3,(H,20,22). The minimum absolute atomic E-state index is 0.0272. The van der Waals surface area contributed by atoms with Gasteiger partial charge in [0.1, 0.15) is 0 Å². The molecule has 122 valence electrons. The molecule has 1 atom stereocenters. The van der Waals surface area contributed by atoms with Crippen LogP contribution in [-0.4, -0.2) is 28.9 Å². The van der Waals surface area contributed by atoms with E-state index in [-0.39, 0.29) is 11.9 Å². The van der Waals surface area contributed by atoms with E-state index >= 15 is 0 Å². The highest BCUT2D eigenvalue weighted by atomic mass is 19.4. The zero-order valence-electron chi connectivity index (χ0n) is 13.0. The Morgan fingerprint density at radius 2 is 1.91 bits per heavy atom. The van der Waals surface area contributed by atoms with Crippen LogP contribution >= 0.6 is 0 Å². The number of rotatable bonds is 4. The second-order valence-corrected chi connectivity index (χ2v) is 6.27. The number of hydrogen-bond donors (Lipinski definition) is 1. The van der Waals surface area contributed by atoms with Crippen LogP contribution in [0.3, 0.4) is 0 Å². The van der Waals surface area contributed by atoms with E-state index in [9.17, 15) is 18.0 Å². The molecule has 1 aliphatic rings. The Bertz CT molecular complexity index is 539. The van der Waals surface area contributed by atoms with Gasteiger partial charge in [-0.2, -0.15) is 13.2 Å². The summed E-state index contributed by atoms with van der Waals surface area (Å²) in [6.07, 6.45) is -3.56. The van der Waals surface area contributed by atoms with Crippen molar-refractivity contribution in [1.29, 1.82) is 0 Å². The van der Waals surface area contributed by atoms with Gasteiger partial charge in [0.05, 0.1) is 11.1 Å². The normalized spacial score (nSPS) is 22.5. The quantitative estimate of drug-likeness (QED) is 0.925. The van der Waals surface area contributed by atoms with E-state index < -0.39 is 17.3 Å².